The van der Waals surface area contributed by atoms with E-state index in [1.807, 2.05) is 38.1 Å². The van der Waals surface area contributed by atoms with Crippen molar-refractivity contribution < 1.29 is 9.47 Å². The van der Waals surface area contributed by atoms with Gasteiger partial charge >= 0.3 is 0 Å². The highest BCUT2D eigenvalue weighted by molar-refractivity contribution is 5.26. The minimum absolute atomic E-state index is 0.274. The molecule has 0 heterocycles. The highest BCUT2D eigenvalue weighted by Gasteiger charge is 2.19. The fraction of sp³-hybridized carbons (Fsp3) is 0.500. The molecule has 0 N–H and O–H groups in total. The van der Waals surface area contributed by atoms with Gasteiger partial charge in [0.05, 0.1) is 6.61 Å². The first-order valence-electron chi connectivity index (χ1n) is 4.78. The molecule has 1 rings (SSSR count). The van der Waals surface area contributed by atoms with Crippen molar-refractivity contribution in [2.45, 2.75) is 26.4 Å². The molecule has 0 aliphatic carbocycles. The van der Waals surface area contributed by atoms with Crippen LogP contribution < -0.4 is 4.74 Å². The molecule has 0 spiro atoms. The van der Waals surface area contributed by atoms with E-state index in [9.17, 15) is 0 Å². The molecule has 0 aromatic heterocycles. The van der Waals surface area contributed by atoms with Crippen molar-refractivity contribution in [3.63, 3.8) is 0 Å². The van der Waals surface area contributed by atoms with Gasteiger partial charge in [-0.2, -0.15) is 0 Å². The zero-order valence-electron chi connectivity index (χ0n) is 9.33. The second-order valence-corrected chi connectivity index (χ2v) is 4.11. The molecule has 78 valence electrons. The zero-order valence-corrected chi connectivity index (χ0v) is 9.33. The molecule has 0 saturated heterocycles. The summed E-state index contributed by atoms with van der Waals surface area (Å²) in [6.45, 7) is 6.66. The molecule has 2 nitrogen and oxygen atoms in total. The van der Waals surface area contributed by atoms with E-state index in [-0.39, 0.29) is 5.60 Å². The summed E-state index contributed by atoms with van der Waals surface area (Å²) >= 11 is 0. The van der Waals surface area contributed by atoms with E-state index in [4.69, 9.17) is 9.47 Å². The van der Waals surface area contributed by atoms with Crippen LogP contribution in [0.5, 0.6) is 5.75 Å². The summed E-state index contributed by atoms with van der Waals surface area (Å²) in [5.74, 6) is 0.887. The lowest BCUT2D eigenvalue weighted by atomic mass is 10.1. The number of ether oxygens (including phenoxy) is 2. The van der Waals surface area contributed by atoms with Crippen LogP contribution in [0.1, 0.15) is 19.4 Å². The smallest absolute Gasteiger partial charge is 0.127 e. The number of rotatable bonds is 4. The maximum Gasteiger partial charge on any atom is 0.127 e. The number of benzene rings is 1. The largest absolute Gasteiger partial charge is 0.485 e. The predicted molar refractivity (Wildman–Crippen MR) is 57.8 cm³/mol. The van der Waals surface area contributed by atoms with E-state index >= 15 is 0 Å². The molecular weight excluding hydrogens is 176 g/mol. The summed E-state index contributed by atoms with van der Waals surface area (Å²) in [6.07, 6.45) is 0. The monoisotopic (exact) mass is 194 g/mol. The highest BCUT2D eigenvalue weighted by atomic mass is 16.5. The molecule has 2 heteroatoms. The normalized spacial score (nSPS) is 11.4. The van der Waals surface area contributed by atoms with Gasteiger partial charge in [0.1, 0.15) is 11.4 Å². The average molecular weight is 194 g/mol. The lowest BCUT2D eigenvalue weighted by Gasteiger charge is -2.25. The van der Waals surface area contributed by atoms with Crippen molar-refractivity contribution in [3.8, 4) is 5.75 Å². The Bertz CT molecular complexity index is 275. The van der Waals surface area contributed by atoms with Gasteiger partial charge in [-0.3, -0.25) is 0 Å². The molecule has 0 bridgehead atoms. The fourth-order valence-electron chi connectivity index (χ4n) is 1.30. The van der Waals surface area contributed by atoms with Gasteiger partial charge in [-0.1, -0.05) is 17.7 Å². The van der Waals surface area contributed by atoms with Crippen LogP contribution in [0.15, 0.2) is 24.3 Å². The quantitative estimate of drug-likeness (QED) is 0.733. The highest BCUT2D eigenvalue weighted by Crippen LogP contribution is 2.18. The Morgan fingerprint density at radius 1 is 1.14 bits per heavy atom. The van der Waals surface area contributed by atoms with Gasteiger partial charge in [0.2, 0.25) is 0 Å². The van der Waals surface area contributed by atoms with E-state index in [1.54, 1.807) is 7.11 Å². The number of methoxy groups -OCH3 is 1. The summed E-state index contributed by atoms with van der Waals surface area (Å²) in [7, 11) is 1.68. The number of hydrogen-bond acceptors (Lipinski definition) is 2. The van der Waals surface area contributed by atoms with Crippen molar-refractivity contribution in [2.24, 2.45) is 0 Å². The van der Waals surface area contributed by atoms with Crippen LogP contribution in [-0.4, -0.2) is 19.3 Å². The third kappa shape index (κ3) is 3.38. The van der Waals surface area contributed by atoms with Gasteiger partial charge < -0.3 is 9.47 Å². The van der Waals surface area contributed by atoms with Crippen LogP contribution in [-0.2, 0) is 4.74 Å². The molecule has 1 aromatic rings. The van der Waals surface area contributed by atoms with E-state index < -0.39 is 0 Å². The molecule has 0 aliphatic heterocycles. The standard InChI is InChI=1S/C12H18O2/c1-10-5-7-11(8-6-10)14-12(2,3)9-13-4/h5-8H,9H2,1-4H3. The molecule has 1 aromatic carbocycles. The van der Waals surface area contributed by atoms with Crippen LogP contribution in [0.25, 0.3) is 0 Å². The Morgan fingerprint density at radius 3 is 2.21 bits per heavy atom. The summed E-state index contributed by atoms with van der Waals surface area (Å²) in [5.41, 5.74) is 0.964. The maximum atomic E-state index is 5.77. The van der Waals surface area contributed by atoms with Gasteiger partial charge in [0, 0.05) is 7.11 Å². The molecule has 0 aliphatic rings. The van der Waals surface area contributed by atoms with Crippen molar-refractivity contribution >= 4 is 0 Å². The number of hydrogen-bond donors (Lipinski definition) is 0. The fourth-order valence-corrected chi connectivity index (χ4v) is 1.30. The lowest BCUT2D eigenvalue weighted by Crippen LogP contribution is -2.33. The summed E-state index contributed by atoms with van der Waals surface area (Å²) in [4.78, 5) is 0. The first-order chi connectivity index (χ1) is 6.53. The van der Waals surface area contributed by atoms with Crippen LogP contribution >= 0.6 is 0 Å². The van der Waals surface area contributed by atoms with E-state index in [0.717, 1.165) is 5.75 Å². The van der Waals surface area contributed by atoms with E-state index in [1.165, 1.54) is 5.56 Å². The third-order valence-electron chi connectivity index (χ3n) is 1.91. The van der Waals surface area contributed by atoms with Gasteiger partial charge in [0.25, 0.3) is 0 Å². The topological polar surface area (TPSA) is 18.5 Å². The van der Waals surface area contributed by atoms with E-state index in [2.05, 4.69) is 6.92 Å². The second-order valence-electron chi connectivity index (χ2n) is 4.11. The molecule has 14 heavy (non-hydrogen) atoms. The van der Waals surface area contributed by atoms with Crippen LogP contribution in [0.4, 0.5) is 0 Å². The van der Waals surface area contributed by atoms with Gasteiger partial charge in [-0.05, 0) is 32.9 Å². The Kier molecular flexibility index (Phi) is 3.53. The maximum absolute atomic E-state index is 5.77. The average Bonchev–Trinajstić information content (AvgIpc) is 2.08. The zero-order chi connectivity index (χ0) is 10.6. The molecule has 0 amide bonds. The first-order valence-corrected chi connectivity index (χ1v) is 4.78. The van der Waals surface area contributed by atoms with Gasteiger partial charge in [-0.15, -0.1) is 0 Å². The van der Waals surface area contributed by atoms with Crippen LogP contribution in [0.3, 0.4) is 0 Å². The van der Waals surface area contributed by atoms with Crippen LogP contribution in [0, 0.1) is 6.92 Å². The lowest BCUT2D eigenvalue weighted by molar-refractivity contribution is 0.0180. The Hall–Kier alpha value is -1.02. The number of aryl methyl sites for hydroxylation is 1. The minimum atomic E-state index is -0.274. The summed E-state index contributed by atoms with van der Waals surface area (Å²) in [5, 5.41) is 0. The van der Waals surface area contributed by atoms with Crippen molar-refractivity contribution in [1.82, 2.24) is 0 Å². The third-order valence-corrected chi connectivity index (χ3v) is 1.91. The molecular formula is C12H18O2. The van der Waals surface area contributed by atoms with Gasteiger partial charge in [-0.25, -0.2) is 0 Å². The minimum Gasteiger partial charge on any atom is -0.485 e. The van der Waals surface area contributed by atoms with Crippen molar-refractivity contribution in [1.29, 1.82) is 0 Å². The first kappa shape index (κ1) is 11.1. The van der Waals surface area contributed by atoms with Crippen LogP contribution in [0.2, 0.25) is 0 Å². The second kappa shape index (κ2) is 4.47. The Balaban J connectivity index is 2.64. The Morgan fingerprint density at radius 2 is 1.71 bits per heavy atom. The SMILES string of the molecule is COCC(C)(C)Oc1ccc(C)cc1. The molecule has 0 unspecified atom stereocenters. The van der Waals surface area contributed by atoms with Gasteiger partial charge in [0.15, 0.2) is 0 Å². The molecule has 0 saturated carbocycles. The molecule has 0 fully saturated rings. The summed E-state index contributed by atoms with van der Waals surface area (Å²) < 4.78 is 10.8. The van der Waals surface area contributed by atoms with E-state index in [0.29, 0.717) is 6.61 Å². The Labute approximate surface area is 85.8 Å². The summed E-state index contributed by atoms with van der Waals surface area (Å²) in [6, 6.07) is 8.04. The van der Waals surface area contributed by atoms with Crippen molar-refractivity contribution in [3.05, 3.63) is 29.8 Å². The predicted octanol–water partition coefficient (Wildman–Crippen LogP) is 2.80. The molecule has 0 radical (unpaired) electrons. The van der Waals surface area contributed by atoms with Crippen molar-refractivity contribution in [2.75, 3.05) is 13.7 Å². The molecule has 0 atom stereocenters.